The van der Waals surface area contributed by atoms with Crippen LogP contribution >= 0.6 is 11.3 Å². The lowest BCUT2D eigenvalue weighted by Gasteiger charge is -2.23. The topological polar surface area (TPSA) is 62.3 Å². The van der Waals surface area contributed by atoms with Gasteiger partial charge in [-0.2, -0.15) is 0 Å². The number of anilines is 1. The number of benzene rings is 1. The van der Waals surface area contributed by atoms with Crippen LogP contribution < -0.4 is 5.32 Å². The SMILES string of the molecule is CCN1CCc2nc(NC(=O)C(=O)c3ccc(C)cc3)sc2C1. The van der Waals surface area contributed by atoms with Gasteiger partial charge in [0.2, 0.25) is 0 Å². The number of fused-ring (bicyclic) bond motifs is 1. The van der Waals surface area contributed by atoms with E-state index in [2.05, 4.69) is 22.1 Å². The highest BCUT2D eigenvalue weighted by molar-refractivity contribution is 7.16. The number of amides is 1. The van der Waals surface area contributed by atoms with Crippen LogP contribution in [0.3, 0.4) is 0 Å². The quantitative estimate of drug-likeness (QED) is 0.692. The van der Waals surface area contributed by atoms with Gasteiger partial charge < -0.3 is 0 Å². The van der Waals surface area contributed by atoms with Gasteiger partial charge in [-0.15, -0.1) is 11.3 Å². The van der Waals surface area contributed by atoms with Crippen molar-refractivity contribution in [1.29, 1.82) is 0 Å². The highest BCUT2D eigenvalue weighted by atomic mass is 32.1. The van der Waals surface area contributed by atoms with E-state index < -0.39 is 11.7 Å². The van der Waals surface area contributed by atoms with Crippen molar-refractivity contribution < 1.29 is 9.59 Å². The Morgan fingerprint density at radius 2 is 2.04 bits per heavy atom. The minimum absolute atomic E-state index is 0.395. The van der Waals surface area contributed by atoms with Crippen molar-refractivity contribution in [2.24, 2.45) is 0 Å². The summed E-state index contributed by atoms with van der Waals surface area (Å²) in [5, 5.41) is 3.16. The monoisotopic (exact) mass is 329 g/mol. The van der Waals surface area contributed by atoms with Crippen LogP contribution in [0.5, 0.6) is 0 Å². The number of aryl methyl sites for hydroxylation is 1. The Kier molecular flexibility index (Phi) is 4.54. The summed E-state index contributed by atoms with van der Waals surface area (Å²) in [7, 11) is 0. The van der Waals surface area contributed by atoms with Crippen molar-refractivity contribution in [3.63, 3.8) is 0 Å². The number of Topliss-reactive ketones (excluding diaryl/α,β-unsaturated/α-hetero) is 1. The summed E-state index contributed by atoms with van der Waals surface area (Å²) >= 11 is 1.46. The molecular formula is C17H19N3O2S. The number of nitrogens with zero attached hydrogens (tertiary/aromatic N) is 2. The summed E-state index contributed by atoms with van der Waals surface area (Å²) in [4.78, 5) is 32.3. The maximum atomic E-state index is 12.2. The molecule has 1 N–H and O–H groups in total. The van der Waals surface area contributed by atoms with Gasteiger partial charge in [0, 0.05) is 30.0 Å². The van der Waals surface area contributed by atoms with Gasteiger partial charge >= 0.3 is 0 Å². The van der Waals surface area contributed by atoms with Gasteiger partial charge in [-0.1, -0.05) is 36.8 Å². The molecule has 2 heterocycles. The van der Waals surface area contributed by atoms with Crippen LogP contribution in [0.1, 0.15) is 33.4 Å². The molecule has 0 aliphatic carbocycles. The third-order valence-corrected chi connectivity index (χ3v) is 5.00. The van der Waals surface area contributed by atoms with Crippen molar-refractivity contribution in [2.75, 3.05) is 18.4 Å². The molecule has 5 nitrogen and oxygen atoms in total. The molecule has 1 aromatic heterocycles. The Morgan fingerprint density at radius 1 is 1.30 bits per heavy atom. The smallest absolute Gasteiger partial charge is 0.298 e. The molecule has 120 valence electrons. The Morgan fingerprint density at radius 3 is 2.74 bits per heavy atom. The number of carbonyl (C=O) groups is 2. The normalized spacial score (nSPS) is 14.3. The molecule has 3 rings (SSSR count). The van der Waals surface area contributed by atoms with Crippen molar-refractivity contribution >= 4 is 28.2 Å². The maximum absolute atomic E-state index is 12.2. The standard InChI is InChI=1S/C17H19N3O2S/c1-3-20-9-8-13-14(10-20)23-17(18-13)19-16(22)15(21)12-6-4-11(2)5-7-12/h4-7H,3,8-10H2,1-2H3,(H,18,19,22). The zero-order valence-electron chi connectivity index (χ0n) is 13.3. The highest BCUT2D eigenvalue weighted by Crippen LogP contribution is 2.28. The molecule has 0 atom stereocenters. The van der Waals surface area contributed by atoms with Crippen LogP contribution in [-0.2, 0) is 17.8 Å². The van der Waals surface area contributed by atoms with Crippen LogP contribution in [0, 0.1) is 6.92 Å². The summed E-state index contributed by atoms with van der Waals surface area (Å²) in [6, 6.07) is 6.98. The van der Waals surface area contributed by atoms with E-state index in [1.54, 1.807) is 12.1 Å². The predicted octanol–water partition coefficient (Wildman–Crippen LogP) is 2.65. The first-order valence-electron chi connectivity index (χ1n) is 7.70. The molecule has 23 heavy (non-hydrogen) atoms. The van der Waals surface area contributed by atoms with E-state index in [9.17, 15) is 9.59 Å². The van der Waals surface area contributed by atoms with E-state index >= 15 is 0 Å². The van der Waals surface area contributed by atoms with Gasteiger partial charge in [-0.3, -0.25) is 19.8 Å². The fraction of sp³-hybridized carbons (Fsp3) is 0.353. The molecule has 0 radical (unpaired) electrons. The summed E-state index contributed by atoms with van der Waals surface area (Å²) in [6.07, 6.45) is 0.890. The van der Waals surface area contributed by atoms with Crippen LogP contribution in [0.15, 0.2) is 24.3 Å². The van der Waals surface area contributed by atoms with Crippen molar-refractivity contribution in [1.82, 2.24) is 9.88 Å². The number of hydrogen-bond donors (Lipinski definition) is 1. The molecule has 0 fully saturated rings. The molecule has 0 spiro atoms. The zero-order chi connectivity index (χ0) is 16.4. The number of rotatable bonds is 4. The first-order chi connectivity index (χ1) is 11.1. The molecular weight excluding hydrogens is 310 g/mol. The second kappa shape index (κ2) is 6.60. The molecule has 0 saturated carbocycles. The van der Waals surface area contributed by atoms with Gasteiger partial charge in [-0.05, 0) is 13.5 Å². The average molecular weight is 329 g/mol. The predicted molar refractivity (Wildman–Crippen MR) is 90.9 cm³/mol. The third-order valence-electron chi connectivity index (χ3n) is 4.00. The van der Waals surface area contributed by atoms with Gasteiger partial charge in [0.15, 0.2) is 5.13 Å². The molecule has 1 aliphatic rings. The Bertz CT molecular complexity index is 737. The fourth-order valence-corrected chi connectivity index (χ4v) is 3.61. The molecule has 0 saturated heterocycles. The number of hydrogen-bond acceptors (Lipinski definition) is 5. The lowest BCUT2D eigenvalue weighted by molar-refractivity contribution is -0.112. The zero-order valence-corrected chi connectivity index (χ0v) is 14.1. The molecule has 2 aromatic rings. The molecule has 1 amide bonds. The van der Waals surface area contributed by atoms with Gasteiger partial charge in [0.05, 0.1) is 5.69 Å². The second-order valence-electron chi connectivity index (χ2n) is 5.66. The minimum Gasteiger partial charge on any atom is -0.298 e. The van der Waals surface area contributed by atoms with E-state index in [4.69, 9.17) is 0 Å². The first kappa shape index (κ1) is 15.8. The van der Waals surface area contributed by atoms with E-state index in [0.717, 1.165) is 37.3 Å². The average Bonchev–Trinajstić information content (AvgIpc) is 2.95. The summed E-state index contributed by atoms with van der Waals surface area (Å²) < 4.78 is 0. The van der Waals surface area contributed by atoms with Crippen molar-refractivity contribution in [2.45, 2.75) is 26.8 Å². The lowest BCUT2D eigenvalue weighted by Crippen LogP contribution is -2.29. The third kappa shape index (κ3) is 3.48. The Labute approximate surface area is 139 Å². The van der Waals surface area contributed by atoms with E-state index in [1.807, 2.05) is 19.1 Å². The second-order valence-corrected chi connectivity index (χ2v) is 6.74. The number of nitrogens with one attached hydrogen (secondary N) is 1. The maximum Gasteiger partial charge on any atom is 0.298 e. The van der Waals surface area contributed by atoms with Crippen molar-refractivity contribution in [3.05, 3.63) is 46.0 Å². The molecule has 6 heteroatoms. The van der Waals surface area contributed by atoms with Crippen LogP contribution in [0.25, 0.3) is 0 Å². The van der Waals surface area contributed by atoms with Crippen molar-refractivity contribution in [3.8, 4) is 0 Å². The molecule has 0 unspecified atom stereocenters. The van der Waals surface area contributed by atoms with Crippen LogP contribution in [-0.4, -0.2) is 34.7 Å². The molecule has 0 bridgehead atoms. The Hall–Kier alpha value is -2.05. The number of ketones is 1. The summed E-state index contributed by atoms with van der Waals surface area (Å²) in [5.74, 6) is -1.17. The highest BCUT2D eigenvalue weighted by Gasteiger charge is 2.22. The van der Waals surface area contributed by atoms with Gasteiger partial charge in [-0.25, -0.2) is 4.98 Å². The largest absolute Gasteiger partial charge is 0.298 e. The van der Waals surface area contributed by atoms with E-state index in [0.29, 0.717) is 10.7 Å². The van der Waals surface area contributed by atoms with Gasteiger partial charge in [0.1, 0.15) is 0 Å². The van der Waals surface area contributed by atoms with Crippen LogP contribution in [0.2, 0.25) is 0 Å². The molecule has 1 aliphatic heterocycles. The number of thiazole rings is 1. The summed E-state index contributed by atoms with van der Waals surface area (Å²) in [5.41, 5.74) is 2.49. The van der Waals surface area contributed by atoms with Gasteiger partial charge in [0.25, 0.3) is 11.7 Å². The lowest BCUT2D eigenvalue weighted by atomic mass is 10.1. The van der Waals surface area contributed by atoms with Crippen LogP contribution in [0.4, 0.5) is 5.13 Å². The number of likely N-dealkylation sites (N-methyl/N-ethyl adjacent to an activating group) is 1. The van der Waals surface area contributed by atoms with E-state index in [1.165, 1.54) is 16.2 Å². The fourth-order valence-electron chi connectivity index (χ4n) is 2.56. The number of carbonyl (C=O) groups excluding carboxylic acids is 2. The first-order valence-corrected chi connectivity index (χ1v) is 8.51. The minimum atomic E-state index is -0.632. The molecule has 1 aromatic carbocycles. The van der Waals surface area contributed by atoms with E-state index in [-0.39, 0.29) is 0 Å². The Balaban J connectivity index is 1.70. The summed E-state index contributed by atoms with van der Waals surface area (Å²) in [6.45, 7) is 6.93. The number of aromatic nitrogens is 1.